The lowest BCUT2D eigenvalue weighted by molar-refractivity contribution is 0.0471. The molecular formula is C18H28ClNO3. The van der Waals surface area contributed by atoms with Crippen LogP contribution in [0.25, 0.3) is 0 Å². The van der Waals surface area contributed by atoms with Crippen molar-refractivity contribution in [3.8, 4) is 5.75 Å². The van der Waals surface area contributed by atoms with E-state index in [2.05, 4.69) is 11.8 Å². The Bertz CT molecular complexity index is 487. The van der Waals surface area contributed by atoms with Crippen molar-refractivity contribution in [2.24, 2.45) is 0 Å². The standard InChI is InChI=1S/C18H27NO3.ClH/c1-3-4-13-21-17-9-7-8-16(15(17)2)18(20)22-14-12-19-10-5-6-11-19;/h7-9H,3-6,10-14H2,1-2H3;1H. The monoisotopic (exact) mass is 341 g/mol. The van der Waals surface area contributed by atoms with E-state index in [1.54, 1.807) is 6.07 Å². The molecule has 1 aromatic rings. The number of likely N-dealkylation sites (tertiary alicyclic amines) is 1. The van der Waals surface area contributed by atoms with Crippen LogP contribution in [-0.4, -0.2) is 43.7 Å². The van der Waals surface area contributed by atoms with Crippen LogP contribution in [0.3, 0.4) is 0 Å². The molecule has 2 rings (SSSR count). The topological polar surface area (TPSA) is 38.8 Å². The van der Waals surface area contributed by atoms with Gasteiger partial charge in [-0.15, -0.1) is 12.4 Å². The van der Waals surface area contributed by atoms with Crippen LogP contribution in [0.5, 0.6) is 5.75 Å². The van der Waals surface area contributed by atoms with Crippen molar-refractivity contribution >= 4 is 18.4 Å². The molecule has 0 atom stereocenters. The van der Waals surface area contributed by atoms with Gasteiger partial charge in [-0.25, -0.2) is 4.79 Å². The van der Waals surface area contributed by atoms with Gasteiger partial charge in [0.25, 0.3) is 0 Å². The van der Waals surface area contributed by atoms with Crippen molar-refractivity contribution in [1.82, 2.24) is 4.90 Å². The fourth-order valence-corrected chi connectivity index (χ4v) is 2.67. The minimum absolute atomic E-state index is 0. The van der Waals surface area contributed by atoms with Gasteiger partial charge in [0.2, 0.25) is 0 Å². The van der Waals surface area contributed by atoms with Gasteiger partial charge in [0.15, 0.2) is 0 Å². The lowest BCUT2D eigenvalue weighted by Gasteiger charge is -2.15. The number of esters is 1. The van der Waals surface area contributed by atoms with Crippen molar-refractivity contribution in [1.29, 1.82) is 0 Å². The number of hydrogen-bond donors (Lipinski definition) is 0. The van der Waals surface area contributed by atoms with Crippen molar-refractivity contribution < 1.29 is 14.3 Å². The van der Waals surface area contributed by atoms with Gasteiger partial charge in [-0.05, 0) is 51.4 Å². The second kappa shape index (κ2) is 10.5. The Kier molecular flexibility index (Phi) is 9.03. The second-order valence-electron chi connectivity index (χ2n) is 5.82. The summed E-state index contributed by atoms with van der Waals surface area (Å²) in [7, 11) is 0. The van der Waals surface area contributed by atoms with Gasteiger partial charge in [0.05, 0.1) is 12.2 Å². The predicted molar refractivity (Wildman–Crippen MR) is 94.8 cm³/mol. The van der Waals surface area contributed by atoms with E-state index in [4.69, 9.17) is 9.47 Å². The molecule has 0 bridgehead atoms. The molecule has 0 aliphatic carbocycles. The Balaban J connectivity index is 0.00000264. The molecule has 1 fully saturated rings. The van der Waals surface area contributed by atoms with E-state index in [0.29, 0.717) is 18.8 Å². The lowest BCUT2D eigenvalue weighted by atomic mass is 10.1. The van der Waals surface area contributed by atoms with Crippen molar-refractivity contribution in [2.45, 2.75) is 39.5 Å². The Labute approximate surface area is 145 Å². The molecule has 1 aliphatic rings. The number of carbonyl (C=O) groups is 1. The number of unbranched alkanes of at least 4 members (excludes halogenated alkanes) is 1. The summed E-state index contributed by atoms with van der Waals surface area (Å²) in [5.41, 5.74) is 1.47. The Hall–Kier alpha value is -1.26. The minimum Gasteiger partial charge on any atom is -0.493 e. The average Bonchev–Trinajstić information content (AvgIpc) is 3.02. The molecule has 130 valence electrons. The maximum absolute atomic E-state index is 12.2. The SMILES string of the molecule is CCCCOc1cccc(C(=O)OCCN2CCCC2)c1C.Cl. The summed E-state index contributed by atoms with van der Waals surface area (Å²) < 4.78 is 11.2. The molecule has 0 unspecified atom stereocenters. The third-order valence-electron chi connectivity index (χ3n) is 4.10. The summed E-state index contributed by atoms with van der Waals surface area (Å²) in [5.74, 6) is 0.528. The van der Waals surface area contributed by atoms with E-state index in [1.807, 2.05) is 19.1 Å². The van der Waals surface area contributed by atoms with Gasteiger partial charge in [0, 0.05) is 12.1 Å². The van der Waals surface area contributed by atoms with E-state index in [1.165, 1.54) is 12.8 Å². The smallest absolute Gasteiger partial charge is 0.338 e. The maximum Gasteiger partial charge on any atom is 0.338 e. The number of nitrogens with zero attached hydrogens (tertiary/aromatic N) is 1. The van der Waals surface area contributed by atoms with Crippen LogP contribution in [0.1, 0.15) is 48.5 Å². The molecule has 1 heterocycles. The first-order valence-corrected chi connectivity index (χ1v) is 8.34. The van der Waals surface area contributed by atoms with Crippen LogP contribution in [0.15, 0.2) is 18.2 Å². The zero-order chi connectivity index (χ0) is 15.8. The van der Waals surface area contributed by atoms with Crippen LogP contribution >= 0.6 is 12.4 Å². The molecule has 1 saturated heterocycles. The molecule has 1 aromatic carbocycles. The van der Waals surface area contributed by atoms with Crippen LogP contribution < -0.4 is 4.74 Å². The third-order valence-corrected chi connectivity index (χ3v) is 4.10. The van der Waals surface area contributed by atoms with Crippen molar-refractivity contribution in [2.75, 3.05) is 32.8 Å². The van der Waals surface area contributed by atoms with Crippen molar-refractivity contribution in [3.05, 3.63) is 29.3 Å². The van der Waals surface area contributed by atoms with E-state index in [0.717, 1.165) is 43.8 Å². The quantitative estimate of drug-likeness (QED) is 0.532. The molecule has 0 radical (unpaired) electrons. The van der Waals surface area contributed by atoms with Crippen LogP contribution in [0.2, 0.25) is 0 Å². The molecule has 0 amide bonds. The average molecular weight is 342 g/mol. The molecule has 23 heavy (non-hydrogen) atoms. The summed E-state index contributed by atoms with van der Waals surface area (Å²) in [6.45, 7) is 8.26. The van der Waals surface area contributed by atoms with Gasteiger partial charge < -0.3 is 9.47 Å². The van der Waals surface area contributed by atoms with Gasteiger partial charge >= 0.3 is 5.97 Å². The summed E-state index contributed by atoms with van der Waals surface area (Å²) in [4.78, 5) is 14.6. The molecule has 0 aromatic heterocycles. The number of ether oxygens (including phenoxy) is 2. The minimum atomic E-state index is -0.252. The van der Waals surface area contributed by atoms with E-state index < -0.39 is 0 Å². The lowest BCUT2D eigenvalue weighted by Crippen LogP contribution is -2.25. The summed E-state index contributed by atoms with van der Waals surface area (Å²) in [5, 5.41) is 0. The Morgan fingerprint density at radius 2 is 1.96 bits per heavy atom. The normalized spacial score (nSPS) is 14.3. The number of hydrogen-bond acceptors (Lipinski definition) is 4. The molecule has 0 N–H and O–H groups in total. The van der Waals surface area contributed by atoms with Gasteiger partial charge in [-0.2, -0.15) is 0 Å². The highest BCUT2D eigenvalue weighted by molar-refractivity contribution is 5.91. The van der Waals surface area contributed by atoms with Crippen molar-refractivity contribution in [3.63, 3.8) is 0 Å². The predicted octanol–water partition coefficient (Wildman–Crippen LogP) is 3.85. The largest absolute Gasteiger partial charge is 0.493 e. The number of rotatable bonds is 8. The van der Waals surface area contributed by atoms with E-state index in [-0.39, 0.29) is 18.4 Å². The van der Waals surface area contributed by atoms with Gasteiger partial charge in [-0.3, -0.25) is 4.90 Å². The van der Waals surface area contributed by atoms with E-state index in [9.17, 15) is 4.79 Å². The summed E-state index contributed by atoms with van der Waals surface area (Å²) in [6, 6.07) is 5.57. The highest BCUT2D eigenvalue weighted by Gasteiger charge is 2.15. The molecule has 1 aliphatic heterocycles. The first-order chi connectivity index (χ1) is 10.7. The Morgan fingerprint density at radius 3 is 2.65 bits per heavy atom. The van der Waals surface area contributed by atoms with Crippen LogP contribution in [0.4, 0.5) is 0 Å². The first kappa shape index (κ1) is 19.8. The zero-order valence-corrected chi connectivity index (χ0v) is 15.0. The molecule has 4 nitrogen and oxygen atoms in total. The fraction of sp³-hybridized carbons (Fsp3) is 0.611. The maximum atomic E-state index is 12.2. The molecule has 0 spiro atoms. The summed E-state index contributed by atoms with van der Waals surface area (Å²) >= 11 is 0. The Morgan fingerprint density at radius 1 is 1.22 bits per heavy atom. The van der Waals surface area contributed by atoms with Crippen LogP contribution in [-0.2, 0) is 4.74 Å². The van der Waals surface area contributed by atoms with E-state index >= 15 is 0 Å². The number of halogens is 1. The third kappa shape index (κ3) is 6.04. The molecular weight excluding hydrogens is 314 g/mol. The van der Waals surface area contributed by atoms with Gasteiger partial charge in [-0.1, -0.05) is 19.4 Å². The highest BCUT2D eigenvalue weighted by atomic mass is 35.5. The zero-order valence-electron chi connectivity index (χ0n) is 14.2. The molecule has 5 heteroatoms. The highest BCUT2D eigenvalue weighted by Crippen LogP contribution is 2.22. The van der Waals surface area contributed by atoms with Crippen LogP contribution in [0, 0.1) is 6.92 Å². The fourth-order valence-electron chi connectivity index (χ4n) is 2.67. The van der Waals surface area contributed by atoms with Gasteiger partial charge in [0.1, 0.15) is 12.4 Å². The summed E-state index contributed by atoms with van der Waals surface area (Å²) in [6.07, 6.45) is 4.62. The number of carbonyl (C=O) groups excluding carboxylic acids is 1. The first-order valence-electron chi connectivity index (χ1n) is 8.34. The second-order valence-corrected chi connectivity index (χ2v) is 5.82. The number of benzene rings is 1. The molecule has 0 saturated carbocycles.